The molecule has 2 rings (SSSR count). The third-order valence-electron chi connectivity index (χ3n) is 3.41. The van der Waals surface area contributed by atoms with Gasteiger partial charge in [0.15, 0.2) is 0 Å². The normalized spacial score (nSPS) is 12.2. The highest BCUT2D eigenvalue weighted by molar-refractivity contribution is 9.10. The van der Waals surface area contributed by atoms with Gasteiger partial charge in [-0.2, -0.15) is 0 Å². The molecule has 2 aromatic rings. The van der Waals surface area contributed by atoms with Crippen LogP contribution in [0.4, 0.5) is 0 Å². The van der Waals surface area contributed by atoms with Crippen LogP contribution in [0.25, 0.3) is 0 Å². The minimum absolute atomic E-state index is 0.140. The largest absolute Gasteiger partial charge is 0.457 e. The molecule has 0 aliphatic rings. The topological polar surface area (TPSA) is 35.2 Å². The second-order valence-electron chi connectivity index (χ2n) is 5.14. The molecule has 0 saturated carbocycles. The second-order valence-corrected chi connectivity index (χ2v) is 6.46. The summed E-state index contributed by atoms with van der Waals surface area (Å²) in [4.78, 5) is 0. The molecule has 0 spiro atoms. The van der Waals surface area contributed by atoms with Crippen LogP contribution >= 0.6 is 27.5 Å². The predicted molar refractivity (Wildman–Crippen MR) is 92.4 cm³/mol. The van der Waals surface area contributed by atoms with Crippen LogP contribution in [0.5, 0.6) is 11.5 Å². The number of halogens is 2. The average molecular weight is 369 g/mol. The first-order valence-electron chi connectivity index (χ1n) is 6.97. The third kappa shape index (κ3) is 4.47. The lowest BCUT2D eigenvalue weighted by Gasteiger charge is -2.13. The maximum Gasteiger partial charge on any atom is 0.131 e. The third-order valence-corrected chi connectivity index (χ3v) is 4.25. The summed E-state index contributed by atoms with van der Waals surface area (Å²) >= 11 is 9.77. The zero-order chi connectivity index (χ0) is 15.4. The fourth-order valence-electron chi connectivity index (χ4n) is 1.99. The average Bonchev–Trinajstić information content (AvgIpc) is 2.45. The van der Waals surface area contributed by atoms with Crippen LogP contribution in [0.1, 0.15) is 24.5 Å². The summed E-state index contributed by atoms with van der Waals surface area (Å²) < 4.78 is 6.90. The number of rotatable bonds is 5. The summed E-state index contributed by atoms with van der Waals surface area (Å²) in [6, 6.07) is 11.9. The highest BCUT2D eigenvalue weighted by atomic mass is 79.9. The van der Waals surface area contributed by atoms with Crippen molar-refractivity contribution in [2.24, 2.45) is 5.73 Å². The first-order chi connectivity index (χ1) is 9.99. The number of hydrogen-bond acceptors (Lipinski definition) is 2. The van der Waals surface area contributed by atoms with E-state index < -0.39 is 0 Å². The Hall–Kier alpha value is -1.03. The molecule has 0 bridgehead atoms. The number of ether oxygens (including phenoxy) is 1. The first kappa shape index (κ1) is 16.3. The quantitative estimate of drug-likeness (QED) is 0.758. The summed E-state index contributed by atoms with van der Waals surface area (Å²) in [5.41, 5.74) is 8.11. The Labute approximate surface area is 139 Å². The zero-order valence-electron chi connectivity index (χ0n) is 12.2. The number of aryl methyl sites for hydroxylation is 1. The van der Waals surface area contributed by atoms with E-state index >= 15 is 0 Å². The van der Waals surface area contributed by atoms with Gasteiger partial charge in [0.1, 0.15) is 11.5 Å². The molecule has 4 heteroatoms. The van der Waals surface area contributed by atoms with Crippen molar-refractivity contribution >= 4 is 27.5 Å². The summed E-state index contributed by atoms with van der Waals surface area (Å²) in [6.07, 6.45) is 1.72. The molecular weight excluding hydrogens is 350 g/mol. The summed E-state index contributed by atoms with van der Waals surface area (Å²) in [5.74, 6) is 1.55. The van der Waals surface area contributed by atoms with Crippen molar-refractivity contribution in [3.05, 3.63) is 57.0 Å². The van der Waals surface area contributed by atoms with Gasteiger partial charge in [-0.05, 0) is 55.2 Å². The fraction of sp³-hybridized carbons (Fsp3) is 0.294. The second kappa shape index (κ2) is 7.30. The summed E-state index contributed by atoms with van der Waals surface area (Å²) in [5, 5.41) is 0.698. The van der Waals surface area contributed by atoms with Crippen LogP contribution in [-0.2, 0) is 6.42 Å². The van der Waals surface area contributed by atoms with Crippen molar-refractivity contribution in [3.8, 4) is 11.5 Å². The van der Waals surface area contributed by atoms with Gasteiger partial charge in [0.05, 0.1) is 0 Å². The molecule has 2 aromatic carbocycles. The van der Waals surface area contributed by atoms with Crippen molar-refractivity contribution in [1.29, 1.82) is 0 Å². The first-order valence-corrected chi connectivity index (χ1v) is 8.14. The van der Waals surface area contributed by atoms with Gasteiger partial charge in [-0.15, -0.1) is 0 Å². The molecule has 112 valence electrons. The van der Waals surface area contributed by atoms with Gasteiger partial charge in [-0.25, -0.2) is 0 Å². The van der Waals surface area contributed by atoms with E-state index in [0.717, 1.165) is 39.9 Å². The number of nitrogens with two attached hydrogens (primary N) is 1. The molecule has 0 amide bonds. The molecule has 0 aromatic heterocycles. The van der Waals surface area contributed by atoms with E-state index in [1.165, 1.54) is 0 Å². The van der Waals surface area contributed by atoms with Crippen molar-refractivity contribution < 1.29 is 4.74 Å². The van der Waals surface area contributed by atoms with Crippen LogP contribution < -0.4 is 10.5 Å². The zero-order valence-corrected chi connectivity index (χ0v) is 14.5. The Bertz CT molecular complexity index is 630. The van der Waals surface area contributed by atoms with E-state index in [1.807, 2.05) is 43.3 Å². The molecule has 1 unspecified atom stereocenters. The van der Waals surface area contributed by atoms with Crippen molar-refractivity contribution in [2.45, 2.75) is 32.7 Å². The fourth-order valence-corrected chi connectivity index (χ4v) is 2.58. The predicted octanol–water partition coefficient (Wildman–Crippen LogP) is 5.48. The molecular formula is C17H19BrClNO. The van der Waals surface area contributed by atoms with Crippen LogP contribution in [0.2, 0.25) is 5.02 Å². The van der Waals surface area contributed by atoms with Crippen LogP contribution in [0, 0.1) is 6.92 Å². The van der Waals surface area contributed by atoms with Crippen molar-refractivity contribution in [3.63, 3.8) is 0 Å². The molecule has 1 atom stereocenters. The Morgan fingerprint density at radius 2 is 2.00 bits per heavy atom. The monoisotopic (exact) mass is 367 g/mol. The van der Waals surface area contributed by atoms with Crippen LogP contribution in [-0.4, -0.2) is 6.04 Å². The number of hydrogen-bond donors (Lipinski definition) is 1. The number of benzene rings is 2. The molecule has 0 aliphatic heterocycles. The van der Waals surface area contributed by atoms with E-state index in [1.54, 1.807) is 0 Å². The van der Waals surface area contributed by atoms with Crippen molar-refractivity contribution in [2.75, 3.05) is 0 Å². The smallest absolute Gasteiger partial charge is 0.131 e. The molecule has 0 fully saturated rings. The van der Waals surface area contributed by atoms with Gasteiger partial charge in [-0.1, -0.05) is 46.6 Å². The minimum Gasteiger partial charge on any atom is -0.457 e. The molecule has 0 radical (unpaired) electrons. The van der Waals surface area contributed by atoms with Crippen LogP contribution in [0.15, 0.2) is 40.9 Å². The lowest BCUT2D eigenvalue weighted by molar-refractivity contribution is 0.478. The van der Waals surface area contributed by atoms with Gasteiger partial charge in [0.2, 0.25) is 0 Å². The summed E-state index contributed by atoms with van der Waals surface area (Å²) in [6.45, 7) is 4.09. The molecule has 2 nitrogen and oxygen atoms in total. The van der Waals surface area contributed by atoms with Crippen LogP contribution in [0.3, 0.4) is 0 Å². The standard InChI is InChI=1S/C17H19BrClNO/c1-3-14(20)8-12-5-7-15(10-16(12)19)21-17-9-13(18)6-4-11(17)2/h4-7,9-10,14H,3,8,20H2,1-2H3. The van der Waals surface area contributed by atoms with Gasteiger partial charge in [0.25, 0.3) is 0 Å². The van der Waals surface area contributed by atoms with Gasteiger partial charge in [0, 0.05) is 15.5 Å². The van der Waals surface area contributed by atoms with Gasteiger partial charge >= 0.3 is 0 Å². The van der Waals surface area contributed by atoms with E-state index in [-0.39, 0.29) is 6.04 Å². The molecule has 0 aliphatic carbocycles. The summed E-state index contributed by atoms with van der Waals surface area (Å²) in [7, 11) is 0. The minimum atomic E-state index is 0.140. The van der Waals surface area contributed by atoms with Gasteiger partial charge in [-0.3, -0.25) is 0 Å². The maximum atomic E-state index is 6.32. The lowest BCUT2D eigenvalue weighted by atomic mass is 10.0. The van der Waals surface area contributed by atoms with E-state index in [4.69, 9.17) is 22.1 Å². The highest BCUT2D eigenvalue weighted by Crippen LogP contribution is 2.31. The van der Waals surface area contributed by atoms with Gasteiger partial charge < -0.3 is 10.5 Å². The molecule has 0 saturated heterocycles. The molecule has 0 heterocycles. The molecule has 21 heavy (non-hydrogen) atoms. The Kier molecular flexibility index (Phi) is 5.68. The highest BCUT2D eigenvalue weighted by Gasteiger charge is 2.08. The van der Waals surface area contributed by atoms with E-state index in [0.29, 0.717) is 5.02 Å². The molecule has 2 N–H and O–H groups in total. The Balaban J connectivity index is 2.18. The van der Waals surface area contributed by atoms with Crippen molar-refractivity contribution in [1.82, 2.24) is 0 Å². The van der Waals surface area contributed by atoms with E-state index in [9.17, 15) is 0 Å². The lowest BCUT2D eigenvalue weighted by Crippen LogP contribution is -2.21. The van der Waals surface area contributed by atoms with E-state index in [2.05, 4.69) is 22.9 Å². The Morgan fingerprint density at radius 1 is 1.24 bits per heavy atom. The maximum absolute atomic E-state index is 6.32. The Morgan fingerprint density at radius 3 is 2.67 bits per heavy atom. The SMILES string of the molecule is CCC(N)Cc1ccc(Oc2cc(Br)ccc2C)cc1Cl.